The zero-order chi connectivity index (χ0) is 15.7. The lowest BCUT2D eigenvalue weighted by Gasteiger charge is -2.22. The number of amides is 1. The van der Waals surface area contributed by atoms with Gasteiger partial charge in [0, 0.05) is 18.9 Å². The number of thiophene rings is 1. The van der Waals surface area contributed by atoms with E-state index in [4.69, 9.17) is 4.74 Å². The number of hydrogen-bond donors (Lipinski definition) is 1. The van der Waals surface area contributed by atoms with E-state index in [9.17, 15) is 9.90 Å². The molecule has 2 heterocycles. The molecule has 2 aromatic rings. The molecule has 1 aromatic carbocycles. The van der Waals surface area contributed by atoms with Gasteiger partial charge in [-0.3, -0.25) is 4.79 Å². The average Bonchev–Trinajstić information content (AvgIpc) is 3.16. The zero-order valence-electron chi connectivity index (χ0n) is 12.3. The number of para-hydroxylation sites is 1. The first-order chi connectivity index (χ1) is 10.6. The predicted octanol–water partition coefficient (Wildman–Crippen LogP) is 3.16. The molecule has 0 saturated carbocycles. The van der Waals surface area contributed by atoms with Gasteiger partial charge in [-0.05, 0) is 17.5 Å². The van der Waals surface area contributed by atoms with Gasteiger partial charge >= 0.3 is 0 Å². The average molecular weight is 316 g/mol. The Morgan fingerprint density at radius 2 is 2.23 bits per heavy atom. The lowest BCUT2D eigenvalue weighted by atomic mass is 9.99. The summed E-state index contributed by atoms with van der Waals surface area (Å²) in [7, 11) is 1.51. The topological polar surface area (TPSA) is 62.1 Å². The van der Waals surface area contributed by atoms with Crippen LogP contribution in [0.4, 0.5) is 0 Å². The molecule has 1 amide bonds. The molecular formula is C16H16N2O3S. The highest BCUT2D eigenvalue weighted by Crippen LogP contribution is 2.41. The Morgan fingerprint density at radius 1 is 1.41 bits per heavy atom. The van der Waals surface area contributed by atoms with Gasteiger partial charge < -0.3 is 9.84 Å². The molecule has 1 atom stereocenters. The van der Waals surface area contributed by atoms with E-state index in [1.54, 1.807) is 23.5 Å². The van der Waals surface area contributed by atoms with E-state index >= 15 is 0 Å². The van der Waals surface area contributed by atoms with Crippen LogP contribution in [-0.4, -0.2) is 28.8 Å². The molecule has 0 radical (unpaired) electrons. The summed E-state index contributed by atoms with van der Waals surface area (Å²) in [4.78, 5) is 13.0. The summed E-state index contributed by atoms with van der Waals surface area (Å²) in [6.07, 6.45) is 0.597. The van der Waals surface area contributed by atoms with Crippen LogP contribution in [-0.2, 0) is 4.79 Å². The van der Waals surface area contributed by atoms with Crippen LogP contribution in [0, 0.1) is 0 Å². The molecule has 0 fully saturated rings. The maximum atomic E-state index is 11.9. The summed E-state index contributed by atoms with van der Waals surface area (Å²) in [5.74, 6) is 0.316. The fraction of sp³-hybridized carbons (Fsp3) is 0.250. The molecule has 1 aromatic heterocycles. The lowest BCUT2D eigenvalue weighted by molar-refractivity contribution is -0.130. The van der Waals surface area contributed by atoms with E-state index in [1.165, 1.54) is 19.0 Å². The number of methoxy groups -OCH3 is 1. The third-order valence-electron chi connectivity index (χ3n) is 3.63. The maximum absolute atomic E-state index is 11.9. The Labute approximate surface area is 132 Å². The maximum Gasteiger partial charge on any atom is 0.240 e. The highest BCUT2D eigenvalue weighted by atomic mass is 32.1. The number of aromatic hydroxyl groups is 1. The second-order valence-corrected chi connectivity index (χ2v) is 5.95. The summed E-state index contributed by atoms with van der Waals surface area (Å²) < 4.78 is 5.31. The summed E-state index contributed by atoms with van der Waals surface area (Å²) in [5, 5.41) is 17.9. The van der Waals surface area contributed by atoms with Gasteiger partial charge in [0.25, 0.3) is 0 Å². The summed E-state index contributed by atoms with van der Waals surface area (Å²) >= 11 is 1.59. The second-order valence-electron chi connectivity index (χ2n) is 5.01. The third kappa shape index (κ3) is 2.46. The van der Waals surface area contributed by atoms with Crippen molar-refractivity contribution in [2.75, 3.05) is 7.11 Å². The third-order valence-corrected chi connectivity index (χ3v) is 4.55. The van der Waals surface area contributed by atoms with Gasteiger partial charge in [-0.15, -0.1) is 11.3 Å². The van der Waals surface area contributed by atoms with Gasteiger partial charge in [0.2, 0.25) is 5.91 Å². The van der Waals surface area contributed by atoms with Crippen molar-refractivity contribution in [1.29, 1.82) is 0 Å². The summed E-state index contributed by atoms with van der Waals surface area (Å²) in [6, 6.07) is 8.85. The number of phenols is 1. The molecule has 22 heavy (non-hydrogen) atoms. The van der Waals surface area contributed by atoms with Crippen LogP contribution < -0.4 is 4.74 Å². The fourth-order valence-electron chi connectivity index (χ4n) is 2.66. The first-order valence-corrected chi connectivity index (χ1v) is 7.76. The second kappa shape index (κ2) is 5.81. The van der Waals surface area contributed by atoms with Gasteiger partial charge in [0.1, 0.15) is 0 Å². The Balaban J connectivity index is 2.01. The highest BCUT2D eigenvalue weighted by molar-refractivity contribution is 7.12. The number of phenolic OH excluding ortho intramolecular Hbond substituents is 1. The molecule has 3 rings (SSSR count). The number of hydrazone groups is 1. The van der Waals surface area contributed by atoms with Crippen molar-refractivity contribution in [2.45, 2.75) is 19.4 Å². The highest BCUT2D eigenvalue weighted by Gasteiger charge is 2.34. The molecule has 1 aliphatic heterocycles. The number of nitrogens with zero attached hydrogens (tertiary/aromatic N) is 2. The molecule has 0 saturated heterocycles. The SMILES string of the molecule is COc1c(O)cccc1C1CC(c2cccs2)=NN1C(C)=O. The Morgan fingerprint density at radius 3 is 2.86 bits per heavy atom. The van der Waals surface area contributed by atoms with Crippen LogP contribution in [0.5, 0.6) is 11.5 Å². The van der Waals surface area contributed by atoms with Gasteiger partial charge in [-0.2, -0.15) is 5.10 Å². The van der Waals surface area contributed by atoms with Crippen LogP contribution in [0.25, 0.3) is 0 Å². The van der Waals surface area contributed by atoms with Crippen molar-refractivity contribution in [2.24, 2.45) is 5.10 Å². The molecule has 1 unspecified atom stereocenters. The minimum absolute atomic E-state index is 0.0630. The fourth-order valence-corrected chi connectivity index (χ4v) is 3.38. The first kappa shape index (κ1) is 14.6. The Bertz CT molecular complexity index is 725. The molecule has 1 aliphatic rings. The largest absolute Gasteiger partial charge is 0.504 e. The first-order valence-electron chi connectivity index (χ1n) is 6.89. The number of ether oxygens (including phenoxy) is 1. The monoisotopic (exact) mass is 316 g/mol. The van der Waals surface area contributed by atoms with Crippen LogP contribution >= 0.6 is 11.3 Å². The summed E-state index contributed by atoms with van der Waals surface area (Å²) in [6.45, 7) is 1.49. The Kier molecular flexibility index (Phi) is 3.85. The van der Waals surface area contributed by atoms with E-state index in [0.717, 1.165) is 16.2 Å². The van der Waals surface area contributed by atoms with Crippen LogP contribution in [0.1, 0.15) is 29.8 Å². The minimum atomic E-state index is -0.267. The molecule has 1 N–H and O–H groups in total. The molecule has 0 bridgehead atoms. The number of carbonyl (C=O) groups is 1. The zero-order valence-corrected chi connectivity index (χ0v) is 13.1. The quantitative estimate of drug-likeness (QED) is 0.946. The van der Waals surface area contributed by atoms with Crippen LogP contribution in [0.3, 0.4) is 0 Å². The number of hydrogen-bond acceptors (Lipinski definition) is 5. The van der Waals surface area contributed by atoms with E-state index in [0.29, 0.717) is 12.2 Å². The van der Waals surface area contributed by atoms with Gasteiger partial charge in [-0.25, -0.2) is 5.01 Å². The smallest absolute Gasteiger partial charge is 0.240 e. The van der Waals surface area contributed by atoms with E-state index < -0.39 is 0 Å². The van der Waals surface area contributed by atoms with E-state index in [2.05, 4.69) is 5.10 Å². The molecule has 0 aliphatic carbocycles. The van der Waals surface area contributed by atoms with Crippen molar-refractivity contribution >= 4 is 23.0 Å². The number of benzene rings is 1. The van der Waals surface area contributed by atoms with E-state index in [1.807, 2.05) is 23.6 Å². The number of rotatable bonds is 3. The molecule has 6 heteroatoms. The van der Waals surface area contributed by atoms with Crippen molar-refractivity contribution in [3.05, 3.63) is 46.2 Å². The molecular weight excluding hydrogens is 300 g/mol. The summed E-state index contributed by atoms with van der Waals surface area (Å²) in [5.41, 5.74) is 1.63. The van der Waals surface area contributed by atoms with Crippen LogP contribution in [0.2, 0.25) is 0 Å². The van der Waals surface area contributed by atoms with Crippen molar-refractivity contribution < 1.29 is 14.6 Å². The minimum Gasteiger partial charge on any atom is -0.504 e. The van der Waals surface area contributed by atoms with E-state index in [-0.39, 0.29) is 17.7 Å². The number of carbonyl (C=O) groups excluding carboxylic acids is 1. The predicted molar refractivity (Wildman–Crippen MR) is 85.4 cm³/mol. The van der Waals surface area contributed by atoms with Gasteiger partial charge in [-0.1, -0.05) is 18.2 Å². The van der Waals surface area contributed by atoms with Gasteiger partial charge in [0.15, 0.2) is 11.5 Å². The van der Waals surface area contributed by atoms with Crippen molar-refractivity contribution in [1.82, 2.24) is 5.01 Å². The van der Waals surface area contributed by atoms with Gasteiger partial charge in [0.05, 0.1) is 23.7 Å². The Hall–Kier alpha value is -2.34. The normalized spacial score (nSPS) is 17.5. The standard InChI is InChI=1S/C16H16N2O3S/c1-10(19)18-13(9-12(17-18)15-7-4-8-22-15)11-5-3-6-14(20)16(11)21-2/h3-8,13,20H,9H2,1-2H3. The molecule has 114 valence electrons. The lowest BCUT2D eigenvalue weighted by Crippen LogP contribution is -2.24. The van der Waals surface area contributed by atoms with Crippen molar-refractivity contribution in [3.63, 3.8) is 0 Å². The van der Waals surface area contributed by atoms with Crippen molar-refractivity contribution in [3.8, 4) is 11.5 Å². The van der Waals surface area contributed by atoms with Crippen LogP contribution in [0.15, 0.2) is 40.8 Å². The molecule has 5 nitrogen and oxygen atoms in total. The molecule has 0 spiro atoms.